The molecule has 0 aliphatic carbocycles. The standard InChI is InChI=1S/C12H24N4/c13-5-1-3-7-15-9-11-16(12-10-15)8-4-2-6-14/h1-4H,5-14H2/b3-1+,4-2+. The second kappa shape index (κ2) is 8.47. The van der Waals surface area contributed by atoms with Crippen LogP contribution in [0.15, 0.2) is 24.3 Å². The van der Waals surface area contributed by atoms with Gasteiger partial charge in [-0.25, -0.2) is 0 Å². The fourth-order valence-electron chi connectivity index (χ4n) is 1.79. The Morgan fingerprint density at radius 3 is 1.38 bits per heavy atom. The molecule has 0 atom stereocenters. The van der Waals surface area contributed by atoms with Crippen molar-refractivity contribution >= 4 is 0 Å². The Hall–Kier alpha value is -0.680. The molecule has 1 heterocycles. The zero-order chi connectivity index (χ0) is 11.6. The van der Waals surface area contributed by atoms with Crippen LogP contribution in [0.25, 0.3) is 0 Å². The van der Waals surface area contributed by atoms with E-state index < -0.39 is 0 Å². The van der Waals surface area contributed by atoms with Gasteiger partial charge in [0.05, 0.1) is 0 Å². The number of piperazine rings is 1. The molecular formula is C12H24N4. The highest BCUT2D eigenvalue weighted by molar-refractivity contribution is 4.89. The Balaban J connectivity index is 2.13. The average Bonchev–Trinajstić information content (AvgIpc) is 2.32. The molecule has 0 bridgehead atoms. The van der Waals surface area contributed by atoms with Crippen LogP contribution in [0.5, 0.6) is 0 Å². The summed E-state index contributed by atoms with van der Waals surface area (Å²) in [5.74, 6) is 0. The first-order valence-corrected chi connectivity index (χ1v) is 6.01. The third-order valence-corrected chi connectivity index (χ3v) is 2.80. The number of nitrogens with zero attached hydrogens (tertiary/aromatic N) is 2. The fourth-order valence-corrected chi connectivity index (χ4v) is 1.79. The molecule has 0 aromatic carbocycles. The van der Waals surface area contributed by atoms with E-state index in [4.69, 9.17) is 11.5 Å². The molecular weight excluding hydrogens is 200 g/mol. The van der Waals surface area contributed by atoms with Crippen molar-refractivity contribution in [2.24, 2.45) is 11.5 Å². The number of hydrogen-bond acceptors (Lipinski definition) is 4. The highest BCUT2D eigenvalue weighted by Crippen LogP contribution is 2.01. The molecule has 16 heavy (non-hydrogen) atoms. The summed E-state index contributed by atoms with van der Waals surface area (Å²) >= 11 is 0. The summed E-state index contributed by atoms with van der Waals surface area (Å²) in [5, 5.41) is 0. The molecule has 4 heteroatoms. The lowest BCUT2D eigenvalue weighted by Crippen LogP contribution is -2.46. The third kappa shape index (κ3) is 5.42. The van der Waals surface area contributed by atoms with Crippen molar-refractivity contribution in [2.45, 2.75) is 0 Å². The molecule has 1 rings (SSSR count). The van der Waals surface area contributed by atoms with E-state index in [-0.39, 0.29) is 0 Å². The molecule has 0 unspecified atom stereocenters. The van der Waals surface area contributed by atoms with E-state index in [0.717, 1.165) is 39.3 Å². The van der Waals surface area contributed by atoms with Gasteiger partial charge in [0.25, 0.3) is 0 Å². The second-order valence-electron chi connectivity index (χ2n) is 4.02. The van der Waals surface area contributed by atoms with Crippen molar-refractivity contribution in [1.82, 2.24) is 9.80 Å². The van der Waals surface area contributed by atoms with Crippen molar-refractivity contribution in [3.63, 3.8) is 0 Å². The molecule has 0 spiro atoms. The van der Waals surface area contributed by atoms with Crippen LogP contribution >= 0.6 is 0 Å². The molecule has 4 N–H and O–H groups in total. The van der Waals surface area contributed by atoms with Gasteiger partial charge in [-0.15, -0.1) is 0 Å². The minimum atomic E-state index is 0.643. The molecule has 0 saturated carbocycles. The monoisotopic (exact) mass is 224 g/mol. The van der Waals surface area contributed by atoms with Crippen molar-refractivity contribution in [3.05, 3.63) is 24.3 Å². The normalized spacial score (nSPS) is 20.1. The van der Waals surface area contributed by atoms with Gasteiger partial charge in [-0.05, 0) is 0 Å². The van der Waals surface area contributed by atoms with Crippen molar-refractivity contribution < 1.29 is 0 Å². The van der Waals surface area contributed by atoms with E-state index in [9.17, 15) is 0 Å². The lowest BCUT2D eigenvalue weighted by molar-refractivity contribution is 0.153. The van der Waals surface area contributed by atoms with Gasteiger partial charge in [0.15, 0.2) is 0 Å². The lowest BCUT2D eigenvalue weighted by Gasteiger charge is -2.33. The van der Waals surface area contributed by atoms with Crippen LogP contribution < -0.4 is 11.5 Å². The van der Waals surface area contributed by atoms with Gasteiger partial charge in [-0.1, -0.05) is 24.3 Å². The largest absolute Gasteiger partial charge is 0.327 e. The highest BCUT2D eigenvalue weighted by Gasteiger charge is 2.13. The Morgan fingerprint density at radius 2 is 1.06 bits per heavy atom. The number of nitrogens with two attached hydrogens (primary N) is 2. The van der Waals surface area contributed by atoms with Crippen LogP contribution in [-0.4, -0.2) is 62.2 Å². The molecule has 1 fully saturated rings. The Kier molecular flexibility index (Phi) is 7.09. The summed E-state index contributed by atoms with van der Waals surface area (Å²) in [4.78, 5) is 4.91. The van der Waals surface area contributed by atoms with E-state index >= 15 is 0 Å². The summed E-state index contributed by atoms with van der Waals surface area (Å²) in [7, 11) is 0. The molecule has 1 aliphatic rings. The van der Waals surface area contributed by atoms with Gasteiger partial charge < -0.3 is 11.5 Å². The van der Waals surface area contributed by atoms with Gasteiger partial charge in [0.2, 0.25) is 0 Å². The summed E-state index contributed by atoms with van der Waals surface area (Å²) < 4.78 is 0. The Morgan fingerprint density at radius 1 is 0.688 bits per heavy atom. The zero-order valence-electron chi connectivity index (χ0n) is 10.0. The smallest absolute Gasteiger partial charge is 0.0164 e. The summed E-state index contributed by atoms with van der Waals surface area (Å²) in [6.07, 6.45) is 8.36. The van der Waals surface area contributed by atoms with E-state index in [1.54, 1.807) is 0 Å². The average molecular weight is 224 g/mol. The van der Waals surface area contributed by atoms with Crippen molar-refractivity contribution in [3.8, 4) is 0 Å². The zero-order valence-corrected chi connectivity index (χ0v) is 10.0. The first kappa shape index (κ1) is 13.4. The molecule has 0 radical (unpaired) electrons. The van der Waals surface area contributed by atoms with Gasteiger partial charge in [0, 0.05) is 52.4 Å². The Bertz CT molecular complexity index is 193. The maximum atomic E-state index is 5.40. The van der Waals surface area contributed by atoms with Gasteiger partial charge in [-0.2, -0.15) is 0 Å². The Labute approximate surface area is 98.6 Å². The maximum absolute atomic E-state index is 5.40. The first-order valence-electron chi connectivity index (χ1n) is 6.01. The summed E-state index contributed by atoms with van der Waals surface area (Å²) in [6, 6.07) is 0. The molecule has 0 amide bonds. The predicted octanol–water partition coefficient (Wildman–Crippen LogP) is -0.366. The maximum Gasteiger partial charge on any atom is 0.0164 e. The number of hydrogen-bond donors (Lipinski definition) is 2. The molecule has 0 aromatic heterocycles. The van der Waals surface area contributed by atoms with Crippen LogP contribution in [-0.2, 0) is 0 Å². The fraction of sp³-hybridized carbons (Fsp3) is 0.667. The topological polar surface area (TPSA) is 58.5 Å². The van der Waals surface area contributed by atoms with Crippen LogP contribution in [0.4, 0.5) is 0 Å². The highest BCUT2D eigenvalue weighted by atomic mass is 15.3. The van der Waals surface area contributed by atoms with E-state index in [2.05, 4.69) is 22.0 Å². The van der Waals surface area contributed by atoms with E-state index in [1.807, 2.05) is 12.2 Å². The van der Waals surface area contributed by atoms with Gasteiger partial charge >= 0.3 is 0 Å². The predicted molar refractivity (Wildman–Crippen MR) is 69.3 cm³/mol. The molecule has 1 aliphatic heterocycles. The molecule has 0 aromatic rings. The summed E-state index contributed by atoms with van der Waals surface area (Å²) in [6.45, 7) is 7.93. The summed E-state index contributed by atoms with van der Waals surface area (Å²) in [5.41, 5.74) is 10.8. The molecule has 92 valence electrons. The molecule has 4 nitrogen and oxygen atoms in total. The third-order valence-electron chi connectivity index (χ3n) is 2.80. The quantitative estimate of drug-likeness (QED) is 0.605. The second-order valence-corrected chi connectivity index (χ2v) is 4.02. The number of rotatable bonds is 6. The minimum absolute atomic E-state index is 0.643. The van der Waals surface area contributed by atoms with Crippen LogP contribution in [0.3, 0.4) is 0 Å². The van der Waals surface area contributed by atoms with E-state index in [0.29, 0.717) is 13.1 Å². The van der Waals surface area contributed by atoms with Crippen LogP contribution in [0, 0.1) is 0 Å². The van der Waals surface area contributed by atoms with E-state index in [1.165, 1.54) is 0 Å². The van der Waals surface area contributed by atoms with Crippen molar-refractivity contribution in [2.75, 3.05) is 52.4 Å². The lowest BCUT2D eigenvalue weighted by atomic mass is 10.3. The van der Waals surface area contributed by atoms with Gasteiger partial charge in [0.1, 0.15) is 0 Å². The minimum Gasteiger partial charge on any atom is -0.327 e. The van der Waals surface area contributed by atoms with Gasteiger partial charge in [-0.3, -0.25) is 9.80 Å². The van der Waals surface area contributed by atoms with Crippen LogP contribution in [0.2, 0.25) is 0 Å². The SMILES string of the molecule is NC/C=C/CN1CCN(C/C=C/CN)CC1. The molecule has 1 saturated heterocycles. The van der Waals surface area contributed by atoms with Crippen LogP contribution in [0.1, 0.15) is 0 Å². The first-order chi connectivity index (χ1) is 7.86. The van der Waals surface area contributed by atoms with Crippen molar-refractivity contribution in [1.29, 1.82) is 0 Å².